The van der Waals surface area contributed by atoms with Crippen LogP contribution < -0.4 is 0 Å². The van der Waals surface area contributed by atoms with Crippen LogP contribution in [0.5, 0.6) is 0 Å². The summed E-state index contributed by atoms with van der Waals surface area (Å²) in [4.78, 5) is 4.66. The highest BCUT2D eigenvalue weighted by Crippen LogP contribution is 2.08. The lowest BCUT2D eigenvalue weighted by molar-refractivity contribution is 0.0812. The summed E-state index contributed by atoms with van der Waals surface area (Å²) in [5, 5.41) is 18.8. The van der Waals surface area contributed by atoms with Crippen LogP contribution in [0.15, 0.2) is 0 Å². The molecule has 0 aromatic rings. The monoisotopic (exact) mass is 244 g/mol. The minimum Gasteiger partial charge on any atom is -0.392 e. The molecule has 0 aromatic carbocycles. The molecule has 2 unspecified atom stereocenters. The second-order valence-corrected chi connectivity index (χ2v) is 5.36. The molecule has 1 fully saturated rings. The summed E-state index contributed by atoms with van der Waals surface area (Å²) >= 11 is 0. The Kier molecular flexibility index (Phi) is 7.04. The van der Waals surface area contributed by atoms with Crippen molar-refractivity contribution in [2.24, 2.45) is 0 Å². The van der Waals surface area contributed by atoms with Gasteiger partial charge in [0.15, 0.2) is 0 Å². The molecule has 1 heterocycles. The molecule has 0 amide bonds. The molecule has 102 valence electrons. The van der Waals surface area contributed by atoms with E-state index in [1.807, 2.05) is 0 Å². The molecule has 4 heteroatoms. The third-order valence-electron chi connectivity index (χ3n) is 3.19. The lowest BCUT2D eigenvalue weighted by atomic mass is 10.2. The molecule has 1 rings (SSSR count). The standard InChI is InChI=1S/C13H28N2O2/c1-12(16)10-15(11-13(2)17)9-5-8-14-6-3-4-7-14/h12-13,16-17H,3-11H2,1-2H3. The Morgan fingerprint density at radius 1 is 1.06 bits per heavy atom. The average Bonchev–Trinajstić information content (AvgIpc) is 2.68. The number of nitrogens with zero attached hydrogens (tertiary/aromatic N) is 2. The van der Waals surface area contributed by atoms with E-state index in [9.17, 15) is 10.2 Å². The Hall–Kier alpha value is -0.160. The van der Waals surface area contributed by atoms with Crippen molar-refractivity contribution < 1.29 is 10.2 Å². The first kappa shape index (κ1) is 14.9. The third-order valence-corrected chi connectivity index (χ3v) is 3.19. The first-order valence-corrected chi connectivity index (χ1v) is 6.88. The molecule has 2 N–H and O–H groups in total. The Morgan fingerprint density at radius 2 is 1.59 bits per heavy atom. The largest absolute Gasteiger partial charge is 0.392 e. The van der Waals surface area contributed by atoms with Crippen LogP contribution in [0.3, 0.4) is 0 Å². The number of hydrogen-bond acceptors (Lipinski definition) is 4. The lowest BCUT2D eigenvalue weighted by Crippen LogP contribution is -2.38. The Bertz CT molecular complexity index is 182. The second kappa shape index (κ2) is 8.03. The van der Waals surface area contributed by atoms with Crippen molar-refractivity contribution in [1.29, 1.82) is 0 Å². The van der Waals surface area contributed by atoms with Gasteiger partial charge in [0.2, 0.25) is 0 Å². The number of hydrogen-bond donors (Lipinski definition) is 2. The molecule has 1 aliphatic rings. The van der Waals surface area contributed by atoms with Gasteiger partial charge in [0.25, 0.3) is 0 Å². The maximum absolute atomic E-state index is 9.41. The van der Waals surface area contributed by atoms with Crippen molar-refractivity contribution in [2.75, 3.05) is 39.3 Å². The molecule has 0 bridgehead atoms. The van der Waals surface area contributed by atoms with Crippen LogP contribution in [0.1, 0.15) is 33.1 Å². The van der Waals surface area contributed by atoms with Gasteiger partial charge in [-0.1, -0.05) is 0 Å². The molecule has 1 aliphatic heterocycles. The van der Waals surface area contributed by atoms with E-state index in [1.165, 1.54) is 25.9 Å². The maximum Gasteiger partial charge on any atom is 0.0639 e. The number of aliphatic hydroxyl groups excluding tert-OH is 2. The highest BCUT2D eigenvalue weighted by Gasteiger charge is 2.13. The van der Waals surface area contributed by atoms with Gasteiger partial charge in [-0.3, -0.25) is 4.90 Å². The molecule has 4 nitrogen and oxygen atoms in total. The Labute approximate surface area is 105 Å². The first-order chi connectivity index (χ1) is 8.08. The maximum atomic E-state index is 9.41. The lowest BCUT2D eigenvalue weighted by Gasteiger charge is -2.26. The Morgan fingerprint density at radius 3 is 2.06 bits per heavy atom. The number of aliphatic hydroxyl groups is 2. The van der Waals surface area contributed by atoms with E-state index in [4.69, 9.17) is 0 Å². The van der Waals surface area contributed by atoms with Crippen molar-refractivity contribution in [3.63, 3.8) is 0 Å². The summed E-state index contributed by atoms with van der Waals surface area (Å²) in [6, 6.07) is 0. The van der Waals surface area contributed by atoms with Crippen LogP contribution in [0.2, 0.25) is 0 Å². The van der Waals surface area contributed by atoms with Crippen molar-refractivity contribution in [3.05, 3.63) is 0 Å². The van der Waals surface area contributed by atoms with E-state index in [1.54, 1.807) is 13.8 Å². The molecule has 2 atom stereocenters. The van der Waals surface area contributed by atoms with Crippen molar-refractivity contribution in [3.8, 4) is 0 Å². The quantitative estimate of drug-likeness (QED) is 0.654. The minimum atomic E-state index is -0.319. The van der Waals surface area contributed by atoms with Gasteiger partial charge in [0.05, 0.1) is 12.2 Å². The molecule has 0 radical (unpaired) electrons. The fraction of sp³-hybridized carbons (Fsp3) is 1.00. The molecule has 0 spiro atoms. The minimum absolute atomic E-state index is 0.319. The van der Waals surface area contributed by atoms with Crippen molar-refractivity contribution in [2.45, 2.75) is 45.3 Å². The van der Waals surface area contributed by atoms with Gasteiger partial charge in [-0.2, -0.15) is 0 Å². The third kappa shape index (κ3) is 6.99. The van der Waals surface area contributed by atoms with E-state index in [0.29, 0.717) is 13.1 Å². The van der Waals surface area contributed by atoms with Crippen LogP contribution in [-0.4, -0.2) is 71.5 Å². The van der Waals surface area contributed by atoms with Crippen LogP contribution in [0, 0.1) is 0 Å². The molecular formula is C13H28N2O2. The van der Waals surface area contributed by atoms with Crippen LogP contribution in [0.25, 0.3) is 0 Å². The number of likely N-dealkylation sites (tertiary alicyclic amines) is 1. The van der Waals surface area contributed by atoms with Gasteiger partial charge in [0.1, 0.15) is 0 Å². The summed E-state index contributed by atoms with van der Waals surface area (Å²) in [6.45, 7) is 9.52. The molecular weight excluding hydrogens is 216 g/mol. The van der Waals surface area contributed by atoms with Gasteiger partial charge in [-0.05, 0) is 59.3 Å². The average molecular weight is 244 g/mol. The zero-order valence-corrected chi connectivity index (χ0v) is 11.3. The van der Waals surface area contributed by atoms with Gasteiger partial charge >= 0.3 is 0 Å². The summed E-state index contributed by atoms with van der Waals surface area (Å²) < 4.78 is 0. The SMILES string of the molecule is CC(O)CN(CCCN1CCCC1)CC(C)O. The fourth-order valence-electron chi connectivity index (χ4n) is 2.53. The summed E-state index contributed by atoms with van der Waals surface area (Å²) in [5.41, 5.74) is 0. The molecule has 0 saturated carbocycles. The highest BCUT2D eigenvalue weighted by atomic mass is 16.3. The van der Waals surface area contributed by atoms with Crippen molar-refractivity contribution in [1.82, 2.24) is 9.80 Å². The highest BCUT2D eigenvalue weighted by molar-refractivity contribution is 4.69. The van der Waals surface area contributed by atoms with Crippen LogP contribution in [-0.2, 0) is 0 Å². The summed E-state index contributed by atoms with van der Waals surface area (Å²) in [6.07, 6.45) is 3.16. The zero-order valence-electron chi connectivity index (χ0n) is 11.3. The number of rotatable bonds is 8. The molecule has 1 saturated heterocycles. The van der Waals surface area contributed by atoms with Gasteiger partial charge in [-0.15, -0.1) is 0 Å². The van der Waals surface area contributed by atoms with Crippen LogP contribution in [0.4, 0.5) is 0 Å². The normalized spacial score (nSPS) is 21.0. The molecule has 0 aliphatic carbocycles. The smallest absolute Gasteiger partial charge is 0.0639 e. The summed E-state index contributed by atoms with van der Waals surface area (Å²) in [5.74, 6) is 0. The molecule has 17 heavy (non-hydrogen) atoms. The van der Waals surface area contributed by atoms with Crippen molar-refractivity contribution >= 4 is 0 Å². The fourth-order valence-corrected chi connectivity index (χ4v) is 2.53. The van der Waals surface area contributed by atoms with Gasteiger partial charge in [-0.25, -0.2) is 0 Å². The van der Waals surface area contributed by atoms with E-state index in [0.717, 1.165) is 19.5 Å². The first-order valence-electron chi connectivity index (χ1n) is 6.88. The van der Waals surface area contributed by atoms with E-state index < -0.39 is 0 Å². The topological polar surface area (TPSA) is 46.9 Å². The summed E-state index contributed by atoms with van der Waals surface area (Å²) in [7, 11) is 0. The van der Waals surface area contributed by atoms with E-state index in [2.05, 4.69) is 9.80 Å². The van der Waals surface area contributed by atoms with Gasteiger partial charge < -0.3 is 15.1 Å². The van der Waals surface area contributed by atoms with Crippen LogP contribution >= 0.6 is 0 Å². The second-order valence-electron chi connectivity index (χ2n) is 5.36. The zero-order chi connectivity index (χ0) is 12.7. The van der Waals surface area contributed by atoms with Gasteiger partial charge in [0, 0.05) is 13.1 Å². The Balaban J connectivity index is 2.17. The predicted octanol–water partition coefficient (Wildman–Crippen LogP) is 0.536. The molecule has 0 aromatic heterocycles. The predicted molar refractivity (Wildman–Crippen MR) is 70.1 cm³/mol. The van der Waals surface area contributed by atoms with E-state index in [-0.39, 0.29) is 12.2 Å². The van der Waals surface area contributed by atoms with E-state index >= 15 is 0 Å².